The van der Waals surface area contributed by atoms with Gasteiger partial charge in [0.1, 0.15) is 24.0 Å². The van der Waals surface area contributed by atoms with Crippen LogP contribution in [0, 0.1) is 0 Å². The van der Waals surface area contributed by atoms with Crippen LogP contribution in [0.2, 0.25) is 0 Å². The number of anilines is 1. The average Bonchev–Trinajstić information content (AvgIpc) is 2.88. The Kier molecular flexibility index (Phi) is 10.5. The molecule has 1 atom stereocenters. The third-order valence-electron chi connectivity index (χ3n) is 5.50. The van der Waals surface area contributed by atoms with Crippen LogP contribution in [-0.2, 0) is 33.7 Å². The molecular weight excluding hydrogens is 564 g/mol. The molecule has 0 aliphatic heterocycles. The van der Waals surface area contributed by atoms with E-state index < -0.39 is 23.9 Å². The Morgan fingerprint density at radius 2 is 1.54 bits per heavy atom. The van der Waals surface area contributed by atoms with Crippen LogP contribution in [0.1, 0.15) is 44.4 Å². The number of hydrogen-bond acceptors (Lipinski definition) is 6. The number of rotatable bonds is 9. The number of aryl methyl sites for hydroxylation is 1. The first kappa shape index (κ1) is 29.7. The van der Waals surface area contributed by atoms with E-state index in [1.807, 2.05) is 48.5 Å². The first-order valence-corrected chi connectivity index (χ1v) is 13.4. The standard InChI is InChI=1S/C30H33BrN2O6/c1-5-20-10-14-23(15-11-20)32-27(34)26(33-28(35)39-30(2,3)4)18-21-12-16-24(17-13-21)38-29(36)37-19-22-8-6-7-9-25(22)31/h6-17,26H,5,18-19H2,1-4H3,(H,32,34)(H,33,35)/t26-/m0/s1. The highest BCUT2D eigenvalue weighted by molar-refractivity contribution is 9.10. The van der Waals surface area contributed by atoms with E-state index in [1.54, 1.807) is 45.0 Å². The Morgan fingerprint density at radius 3 is 2.15 bits per heavy atom. The summed E-state index contributed by atoms with van der Waals surface area (Å²) >= 11 is 3.41. The molecule has 0 radical (unpaired) electrons. The molecule has 3 aromatic carbocycles. The predicted octanol–water partition coefficient (Wildman–Crippen LogP) is 6.80. The molecular formula is C30H33BrN2O6. The van der Waals surface area contributed by atoms with E-state index in [2.05, 4.69) is 33.5 Å². The van der Waals surface area contributed by atoms with Gasteiger partial charge in [-0.1, -0.05) is 65.3 Å². The molecule has 0 fully saturated rings. The van der Waals surface area contributed by atoms with Crippen LogP contribution in [0.5, 0.6) is 5.75 Å². The zero-order valence-electron chi connectivity index (χ0n) is 22.5. The van der Waals surface area contributed by atoms with Gasteiger partial charge in [0.05, 0.1) is 0 Å². The van der Waals surface area contributed by atoms with Gasteiger partial charge in [-0.3, -0.25) is 4.79 Å². The molecule has 206 valence electrons. The van der Waals surface area contributed by atoms with Crippen LogP contribution < -0.4 is 15.4 Å². The summed E-state index contributed by atoms with van der Waals surface area (Å²) in [5.74, 6) is -0.103. The Balaban J connectivity index is 1.63. The normalized spacial score (nSPS) is 11.7. The second kappa shape index (κ2) is 13.8. The van der Waals surface area contributed by atoms with Crippen LogP contribution in [0.25, 0.3) is 0 Å². The summed E-state index contributed by atoms with van der Waals surface area (Å²) in [6.45, 7) is 7.36. The van der Waals surface area contributed by atoms with Gasteiger partial charge < -0.3 is 24.8 Å². The number of benzene rings is 3. The van der Waals surface area contributed by atoms with Crippen molar-refractivity contribution in [2.45, 2.75) is 58.8 Å². The molecule has 0 heterocycles. The highest BCUT2D eigenvalue weighted by Crippen LogP contribution is 2.19. The Bertz CT molecular complexity index is 1270. The predicted molar refractivity (Wildman–Crippen MR) is 153 cm³/mol. The van der Waals surface area contributed by atoms with Crippen molar-refractivity contribution in [3.8, 4) is 5.75 Å². The SMILES string of the molecule is CCc1ccc(NC(=O)[C@H](Cc2ccc(OC(=O)OCc3ccccc3Br)cc2)NC(=O)OC(C)(C)C)cc1. The zero-order valence-corrected chi connectivity index (χ0v) is 24.0. The van der Waals surface area contributed by atoms with Gasteiger partial charge in [0.2, 0.25) is 5.91 Å². The van der Waals surface area contributed by atoms with Crippen molar-refractivity contribution in [2.75, 3.05) is 5.32 Å². The fourth-order valence-corrected chi connectivity index (χ4v) is 3.92. The second-order valence-electron chi connectivity index (χ2n) is 9.82. The van der Waals surface area contributed by atoms with Crippen molar-refractivity contribution in [3.05, 3.63) is 94.0 Å². The van der Waals surface area contributed by atoms with Crippen molar-refractivity contribution < 1.29 is 28.6 Å². The maximum atomic E-state index is 13.1. The number of halogens is 1. The summed E-state index contributed by atoms with van der Waals surface area (Å²) in [4.78, 5) is 37.7. The molecule has 0 saturated carbocycles. The number of alkyl carbamates (subject to hydrolysis) is 1. The van der Waals surface area contributed by atoms with E-state index >= 15 is 0 Å². The third-order valence-corrected chi connectivity index (χ3v) is 6.28. The zero-order chi connectivity index (χ0) is 28.4. The highest BCUT2D eigenvalue weighted by Gasteiger charge is 2.25. The summed E-state index contributed by atoms with van der Waals surface area (Å²) in [5, 5.41) is 5.52. The highest BCUT2D eigenvalue weighted by atomic mass is 79.9. The molecule has 0 aliphatic rings. The van der Waals surface area contributed by atoms with E-state index in [0.29, 0.717) is 5.69 Å². The average molecular weight is 598 g/mol. The molecule has 0 aliphatic carbocycles. The lowest BCUT2D eigenvalue weighted by atomic mass is 10.0. The van der Waals surface area contributed by atoms with E-state index in [9.17, 15) is 14.4 Å². The number of carbonyl (C=O) groups excluding carboxylic acids is 3. The van der Waals surface area contributed by atoms with E-state index in [-0.39, 0.29) is 24.7 Å². The fourth-order valence-electron chi connectivity index (χ4n) is 3.52. The van der Waals surface area contributed by atoms with Gasteiger partial charge in [0, 0.05) is 22.1 Å². The van der Waals surface area contributed by atoms with E-state index in [1.165, 1.54) is 0 Å². The molecule has 0 aromatic heterocycles. The molecule has 0 unspecified atom stereocenters. The molecule has 9 heteroatoms. The number of amides is 2. The van der Waals surface area contributed by atoms with Gasteiger partial charge in [-0.25, -0.2) is 9.59 Å². The topological polar surface area (TPSA) is 103 Å². The largest absolute Gasteiger partial charge is 0.514 e. The molecule has 3 aromatic rings. The maximum Gasteiger partial charge on any atom is 0.514 e. The summed E-state index contributed by atoms with van der Waals surface area (Å²) in [5.41, 5.74) is 2.61. The van der Waals surface area contributed by atoms with Crippen molar-refractivity contribution in [2.24, 2.45) is 0 Å². The first-order valence-electron chi connectivity index (χ1n) is 12.6. The number of hydrogen-bond donors (Lipinski definition) is 2. The molecule has 3 rings (SSSR count). The summed E-state index contributed by atoms with van der Waals surface area (Å²) in [7, 11) is 0. The van der Waals surface area contributed by atoms with Crippen molar-refractivity contribution in [1.29, 1.82) is 0 Å². The minimum Gasteiger partial charge on any atom is -0.444 e. The molecule has 8 nitrogen and oxygen atoms in total. The lowest BCUT2D eigenvalue weighted by Gasteiger charge is -2.23. The molecule has 0 saturated heterocycles. The van der Waals surface area contributed by atoms with Crippen molar-refractivity contribution in [3.63, 3.8) is 0 Å². The molecule has 0 spiro atoms. The summed E-state index contributed by atoms with van der Waals surface area (Å²) < 4.78 is 16.6. The lowest BCUT2D eigenvalue weighted by Crippen LogP contribution is -2.47. The first-order chi connectivity index (χ1) is 18.5. The van der Waals surface area contributed by atoms with Crippen LogP contribution in [-0.4, -0.2) is 29.8 Å². The summed E-state index contributed by atoms with van der Waals surface area (Å²) in [6.07, 6.45) is -0.461. The van der Waals surface area contributed by atoms with Crippen molar-refractivity contribution in [1.82, 2.24) is 5.32 Å². The van der Waals surface area contributed by atoms with Gasteiger partial charge in [-0.15, -0.1) is 0 Å². The monoisotopic (exact) mass is 596 g/mol. The number of nitrogens with one attached hydrogen (secondary N) is 2. The molecule has 2 N–H and O–H groups in total. The van der Waals surface area contributed by atoms with Crippen LogP contribution in [0.3, 0.4) is 0 Å². The van der Waals surface area contributed by atoms with Gasteiger partial charge in [0.15, 0.2) is 0 Å². The number of carbonyl (C=O) groups is 3. The van der Waals surface area contributed by atoms with Gasteiger partial charge in [0.25, 0.3) is 0 Å². The quantitative estimate of drug-likeness (QED) is 0.208. The smallest absolute Gasteiger partial charge is 0.444 e. The summed E-state index contributed by atoms with van der Waals surface area (Å²) in [6, 6.07) is 20.6. The Hall–Kier alpha value is -3.85. The fraction of sp³-hybridized carbons (Fsp3) is 0.300. The molecule has 39 heavy (non-hydrogen) atoms. The lowest BCUT2D eigenvalue weighted by molar-refractivity contribution is -0.118. The van der Waals surface area contributed by atoms with E-state index in [4.69, 9.17) is 14.2 Å². The molecule has 0 bridgehead atoms. The van der Waals surface area contributed by atoms with Crippen LogP contribution in [0.15, 0.2) is 77.3 Å². The Labute approximate surface area is 237 Å². The molecule has 2 amide bonds. The minimum absolute atomic E-state index is 0.0621. The van der Waals surface area contributed by atoms with Crippen LogP contribution >= 0.6 is 15.9 Å². The van der Waals surface area contributed by atoms with E-state index in [0.717, 1.165) is 27.6 Å². The van der Waals surface area contributed by atoms with Gasteiger partial charge in [-0.2, -0.15) is 0 Å². The minimum atomic E-state index is -0.910. The maximum absolute atomic E-state index is 13.1. The van der Waals surface area contributed by atoms with Gasteiger partial charge >= 0.3 is 12.2 Å². The third kappa shape index (κ3) is 10.1. The number of ether oxygens (including phenoxy) is 3. The Morgan fingerprint density at radius 1 is 0.897 bits per heavy atom. The van der Waals surface area contributed by atoms with Crippen molar-refractivity contribution >= 4 is 39.8 Å². The van der Waals surface area contributed by atoms with Gasteiger partial charge in [-0.05, 0) is 68.7 Å². The second-order valence-corrected chi connectivity index (χ2v) is 10.7. The van der Waals surface area contributed by atoms with Crippen LogP contribution in [0.4, 0.5) is 15.3 Å².